The van der Waals surface area contributed by atoms with Gasteiger partial charge in [-0.15, -0.1) is 0 Å². The van der Waals surface area contributed by atoms with Crippen LogP contribution >= 0.6 is 0 Å². The summed E-state index contributed by atoms with van der Waals surface area (Å²) in [6.45, 7) is 0. The number of nitrogens with one attached hydrogen (secondary N) is 3. The first-order valence-electron chi connectivity index (χ1n) is 14.2. The van der Waals surface area contributed by atoms with Gasteiger partial charge in [-0.2, -0.15) is 5.10 Å². The number of carbonyl (C=O) groups excluding carboxylic acids is 1. The molecule has 3 N–H and O–H groups in total. The van der Waals surface area contributed by atoms with Crippen molar-refractivity contribution < 1.29 is 9.53 Å². The van der Waals surface area contributed by atoms with Crippen LogP contribution in [0.5, 0.6) is 5.75 Å². The van der Waals surface area contributed by atoms with Gasteiger partial charge >= 0.3 is 0 Å². The highest BCUT2D eigenvalue weighted by Gasteiger charge is 2.19. The lowest BCUT2D eigenvalue weighted by atomic mass is 9.87. The Morgan fingerprint density at radius 2 is 1.93 bits per heavy atom. The maximum atomic E-state index is 12.7. The van der Waals surface area contributed by atoms with Crippen LogP contribution in [0.1, 0.15) is 38.5 Å². The Morgan fingerprint density at radius 1 is 1.02 bits per heavy atom. The molecule has 0 atom stereocenters. The summed E-state index contributed by atoms with van der Waals surface area (Å²) in [4.78, 5) is 34.7. The molecule has 0 unspecified atom stereocenters. The fourth-order valence-corrected chi connectivity index (χ4v) is 5.79. The molecule has 1 aliphatic carbocycles. The van der Waals surface area contributed by atoms with E-state index in [9.17, 15) is 4.79 Å². The number of carbonyl (C=O) groups is 1. The van der Waals surface area contributed by atoms with Crippen molar-refractivity contribution in [1.29, 1.82) is 0 Å². The predicted molar refractivity (Wildman–Crippen MR) is 162 cm³/mol. The van der Waals surface area contributed by atoms with Gasteiger partial charge in [0.1, 0.15) is 11.3 Å². The molecule has 42 heavy (non-hydrogen) atoms. The van der Waals surface area contributed by atoms with Crippen LogP contribution in [-0.2, 0) is 4.79 Å². The number of hydrogen-bond donors (Lipinski definition) is 3. The molecule has 1 aliphatic rings. The SMILES string of the molecule is COc1cccc(-c2ccnc3nc(-c4n[nH]c5ccc(-c6cncc(NC(=O)CC7CCCCC7)c6)nc45)[nH]c23)c1. The average Bonchev–Trinajstić information content (AvgIpc) is 3.65. The molecule has 0 spiro atoms. The van der Waals surface area contributed by atoms with Gasteiger partial charge in [0, 0.05) is 29.9 Å². The monoisotopic (exact) mass is 558 g/mol. The van der Waals surface area contributed by atoms with E-state index in [1.165, 1.54) is 19.3 Å². The minimum Gasteiger partial charge on any atom is -0.497 e. The summed E-state index contributed by atoms with van der Waals surface area (Å²) in [7, 11) is 1.65. The van der Waals surface area contributed by atoms with E-state index >= 15 is 0 Å². The molecular formula is C32H30N8O2. The summed E-state index contributed by atoms with van der Waals surface area (Å²) >= 11 is 0. The van der Waals surface area contributed by atoms with E-state index < -0.39 is 0 Å². The minimum atomic E-state index is 0.0354. The number of pyridine rings is 3. The van der Waals surface area contributed by atoms with Crippen LogP contribution in [0.25, 0.3) is 56.1 Å². The Morgan fingerprint density at radius 3 is 2.81 bits per heavy atom. The number of ether oxygens (including phenoxy) is 1. The molecule has 210 valence electrons. The minimum absolute atomic E-state index is 0.0354. The van der Waals surface area contributed by atoms with Gasteiger partial charge in [0.2, 0.25) is 5.91 Å². The van der Waals surface area contributed by atoms with Gasteiger partial charge in [0.15, 0.2) is 17.2 Å². The van der Waals surface area contributed by atoms with Crippen molar-refractivity contribution in [2.24, 2.45) is 5.92 Å². The highest BCUT2D eigenvalue weighted by atomic mass is 16.5. The number of imidazole rings is 1. The standard InChI is InChI=1S/C32H30N8O2/c1-42-23-9-5-8-20(16-23)24-12-13-34-31-28(24)37-32(38-31)30-29-26(39-40-30)11-10-25(36-29)21-15-22(18-33-17-21)35-27(41)14-19-6-3-2-4-7-19/h5,8-13,15-19H,2-4,6-7,14H2,1H3,(H,35,41)(H,39,40)(H,34,37,38). The number of amides is 1. The Bertz CT molecular complexity index is 1900. The van der Waals surface area contributed by atoms with E-state index in [4.69, 9.17) is 14.7 Å². The van der Waals surface area contributed by atoms with Crippen LogP contribution in [-0.4, -0.2) is 48.1 Å². The van der Waals surface area contributed by atoms with Crippen molar-refractivity contribution in [1.82, 2.24) is 35.1 Å². The summed E-state index contributed by atoms with van der Waals surface area (Å²) in [6, 6.07) is 15.6. The van der Waals surface area contributed by atoms with Crippen LogP contribution in [0.2, 0.25) is 0 Å². The molecule has 5 heterocycles. The summed E-state index contributed by atoms with van der Waals surface area (Å²) in [6.07, 6.45) is 11.7. The maximum Gasteiger partial charge on any atom is 0.224 e. The van der Waals surface area contributed by atoms with E-state index in [2.05, 4.69) is 30.5 Å². The van der Waals surface area contributed by atoms with Gasteiger partial charge in [0.05, 0.1) is 35.7 Å². The molecule has 10 heteroatoms. The van der Waals surface area contributed by atoms with Crippen LogP contribution in [0.15, 0.2) is 67.1 Å². The number of hydrogen-bond acceptors (Lipinski definition) is 7. The number of aromatic amines is 2. The number of fused-ring (bicyclic) bond motifs is 2. The Kier molecular flexibility index (Phi) is 6.79. The quantitative estimate of drug-likeness (QED) is 0.202. The van der Waals surface area contributed by atoms with Gasteiger partial charge in [0.25, 0.3) is 0 Å². The van der Waals surface area contributed by atoms with Crippen molar-refractivity contribution in [2.75, 3.05) is 12.4 Å². The molecule has 1 amide bonds. The van der Waals surface area contributed by atoms with Gasteiger partial charge in [-0.3, -0.25) is 14.9 Å². The zero-order valence-corrected chi connectivity index (χ0v) is 23.2. The van der Waals surface area contributed by atoms with Crippen molar-refractivity contribution in [3.8, 4) is 39.7 Å². The Hall–Kier alpha value is -5.12. The second kappa shape index (κ2) is 11.0. The third-order valence-corrected chi connectivity index (χ3v) is 7.92. The molecule has 7 rings (SSSR count). The summed E-state index contributed by atoms with van der Waals surface area (Å²) in [5, 5.41) is 10.6. The van der Waals surface area contributed by atoms with Crippen molar-refractivity contribution in [3.05, 3.63) is 67.1 Å². The van der Waals surface area contributed by atoms with E-state index in [-0.39, 0.29) is 5.91 Å². The number of H-pyrrole nitrogens is 2. The largest absolute Gasteiger partial charge is 0.497 e. The first-order valence-corrected chi connectivity index (χ1v) is 14.2. The zero-order chi connectivity index (χ0) is 28.5. The normalized spacial score (nSPS) is 13.9. The van der Waals surface area contributed by atoms with Gasteiger partial charge in [-0.25, -0.2) is 15.0 Å². The van der Waals surface area contributed by atoms with Crippen molar-refractivity contribution >= 4 is 33.8 Å². The van der Waals surface area contributed by atoms with Crippen molar-refractivity contribution in [2.45, 2.75) is 38.5 Å². The van der Waals surface area contributed by atoms with E-state index in [0.29, 0.717) is 46.4 Å². The van der Waals surface area contributed by atoms with Crippen LogP contribution in [0.4, 0.5) is 5.69 Å². The fourth-order valence-electron chi connectivity index (χ4n) is 5.79. The lowest BCUT2D eigenvalue weighted by Crippen LogP contribution is -2.18. The Labute approximate surface area is 242 Å². The fraction of sp³-hybridized carbons (Fsp3) is 0.250. The molecule has 1 saturated carbocycles. The number of aromatic nitrogens is 7. The molecule has 0 bridgehead atoms. The predicted octanol–water partition coefficient (Wildman–Crippen LogP) is 6.54. The first-order chi connectivity index (χ1) is 20.6. The number of methoxy groups -OCH3 is 1. The summed E-state index contributed by atoms with van der Waals surface area (Å²) in [5.74, 6) is 1.84. The molecule has 0 aliphatic heterocycles. The number of rotatable bonds is 7. The molecule has 0 radical (unpaired) electrons. The lowest BCUT2D eigenvalue weighted by molar-refractivity contribution is -0.117. The number of benzene rings is 1. The van der Waals surface area contributed by atoms with Crippen LogP contribution < -0.4 is 10.1 Å². The summed E-state index contributed by atoms with van der Waals surface area (Å²) in [5.41, 5.74) is 7.54. The lowest BCUT2D eigenvalue weighted by Gasteiger charge is -2.20. The maximum absolute atomic E-state index is 12.7. The van der Waals surface area contributed by atoms with Crippen molar-refractivity contribution in [3.63, 3.8) is 0 Å². The molecule has 1 fully saturated rings. The van der Waals surface area contributed by atoms with E-state index in [1.807, 2.05) is 48.5 Å². The zero-order valence-electron chi connectivity index (χ0n) is 23.2. The first kappa shape index (κ1) is 25.8. The molecule has 6 aromatic rings. The molecule has 5 aromatic heterocycles. The highest BCUT2D eigenvalue weighted by molar-refractivity contribution is 5.95. The third-order valence-electron chi connectivity index (χ3n) is 7.92. The van der Waals surface area contributed by atoms with Gasteiger partial charge in [-0.05, 0) is 60.7 Å². The van der Waals surface area contributed by atoms with E-state index in [0.717, 1.165) is 46.3 Å². The highest BCUT2D eigenvalue weighted by Crippen LogP contribution is 2.32. The summed E-state index contributed by atoms with van der Waals surface area (Å²) < 4.78 is 5.42. The van der Waals surface area contributed by atoms with Crippen LogP contribution in [0.3, 0.4) is 0 Å². The third kappa shape index (κ3) is 5.07. The smallest absolute Gasteiger partial charge is 0.224 e. The van der Waals surface area contributed by atoms with E-state index in [1.54, 1.807) is 25.7 Å². The van der Waals surface area contributed by atoms with Gasteiger partial charge in [-0.1, -0.05) is 31.4 Å². The number of anilines is 1. The number of nitrogens with zero attached hydrogens (tertiary/aromatic N) is 5. The molecule has 0 saturated heterocycles. The molecular weight excluding hydrogens is 528 g/mol. The second-order valence-corrected chi connectivity index (χ2v) is 10.8. The van der Waals surface area contributed by atoms with Crippen LogP contribution in [0, 0.1) is 5.92 Å². The molecule has 10 nitrogen and oxygen atoms in total. The second-order valence-electron chi connectivity index (χ2n) is 10.8. The average molecular weight is 559 g/mol. The Balaban J connectivity index is 1.19. The topological polar surface area (TPSA) is 134 Å². The van der Waals surface area contributed by atoms with Gasteiger partial charge < -0.3 is 15.0 Å². The molecule has 1 aromatic carbocycles.